The predicted octanol–water partition coefficient (Wildman–Crippen LogP) is 2.80. The number of methoxy groups -OCH3 is 1. The van der Waals surface area contributed by atoms with Gasteiger partial charge in [-0.25, -0.2) is 4.98 Å². The molecular formula is C16H19N3O2. The van der Waals surface area contributed by atoms with Gasteiger partial charge in [-0.2, -0.15) is 0 Å². The molecule has 1 aromatic heterocycles. The zero-order valence-electron chi connectivity index (χ0n) is 12.4. The number of benzene rings is 1. The van der Waals surface area contributed by atoms with Crippen molar-refractivity contribution in [2.75, 3.05) is 12.4 Å². The Bertz CT molecular complexity index is 669. The number of carbonyl (C=O) groups is 1. The van der Waals surface area contributed by atoms with Crippen LogP contribution >= 0.6 is 0 Å². The van der Waals surface area contributed by atoms with Crippen LogP contribution in [0.5, 0.6) is 5.88 Å². The number of hydrogen-bond acceptors (Lipinski definition) is 4. The Morgan fingerprint density at radius 1 is 1.38 bits per heavy atom. The number of nitrogens with one attached hydrogen (secondary N) is 1. The summed E-state index contributed by atoms with van der Waals surface area (Å²) in [5.74, 6) is 0.198. The third-order valence-corrected chi connectivity index (χ3v) is 3.25. The van der Waals surface area contributed by atoms with Crippen molar-refractivity contribution in [2.45, 2.75) is 20.3 Å². The van der Waals surface area contributed by atoms with E-state index in [0.29, 0.717) is 11.4 Å². The summed E-state index contributed by atoms with van der Waals surface area (Å²) in [5.41, 5.74) is 9.29. The van der Waals surface area contributed by atoms with E-state index in [1.165, 1.54) is 0 Å². The second-order valence-electron chi connectivity index (χ2n) is 4.71. The van der Waals surface area contributed by atoms with Crippen molar-refractivity contribution in [3.8, 4) is 5.88 Å². The second kappa shape index (κ2) is 6.26. The highest BCUT2D eigenvalue weighted by Gasteiger charge is 2.09. The molecule has 5 nitrogen and oxygen atoms in total. The molecule has 0 spiro atoms. The number of aryl methyl sites for hydroxylation is 2. The lowest BCUT2D eigenvalue weighted by molar-refractivity contribution is 0.100. The van der Waals surface area contributed by atoms with E-state index in [1.54, 1.807) is 25.3 Å². The molecule has 1 aromatic carbocycles. The number of primary amides is 1. The minimum atomic E-state index is -0.447. The molecule has 0 aliphatic heterocycles. The van der Waals surface area contributed by atoms with Crippen molar-refractivity contribution in [1.82, 2.24) is 4.98 Å². The summed E-state index contributed by atoms with van der Waals surface area (Å²) in [7, 11) is 1.62. The molecule has 1 amide bonds. The predicted molar refractivity (Wildman–Crippen MR) is 83.1 cm³/mol. The van der Waals surface area contributed by atoms with Gasteiger partial charge in [-0.3, -0.25) is 4.79 Å². The average molecular weight is 285 g/mol. The number of amides is 1. The number of nitrogens with zero attached hydrogens (tertiary/aromatic N) is 1. The number of carbonyl (C=O) groups excluding carboxylic acids is 1. The smallest absolute Gasteiger partial charge is 0.248 e. The molecule has 0 aliphatic carbocycles. The zero-order chi connectivity index (χ0) is 15.4. The Kier molecular flexibility index (Phi) is 4.42. The maximum absolute atomic E-state index is 11.2. The van der Waals surface area contributed by atoms with Crippen molar-refractivity contribution in [3.63, 3.8) is 0 Å². The van der Waals surface area contributed by atoms with Crippen LogP contribution in [0.3, 0.4) is 0 Å². The minimum Gasteiger partial charge on any atom is -0.481 e. The minimum absolute atomic E-state index is 0.447. The molecule has 0 unspecified atom stereocenters. The number of aromatic nitrogens is 1. The summed E-state index contributed by atoms with van der Waals surface area (Å²) in [6.45, 7) is 3.95. The van der Waals surface area contributed by atoms with Crippen LogP contribution in [-0.4, -0.2) is 18.0 Å². The SMILES string of the molecule is CCc1cc(Nc2cccc(C(N)=O)c2)c(C)nc1OC. The Morgan fingerprint density at radius 2 is 2.14 bits per heavy atom. The Morgan fingerprint density at radius 3 is 2.76 bits per heavy atom. The molecule has 5 heteroatoms. The summed E-state index contributed by atoms with van der Waals surface area (Å²) in [6.07, 6.45) is 0.826. The quantitative estimate of drug-likeness (QED) is 0.885. The van der Waals surface area contributed by atoms with Crippen molar-refractivity contribution in [1.29, 1.82) is 0 Å². The number of nitrogens with two attached hydrogens (primary N) is 1. The zero-order valence-corrected chi connectivity index (χ0v) is 12.4. The number of pyridine rings is 1. The highest BCUT2D eigenvalue weighted by atomic mass is 16.5. The third kappa shape index (κ3) is 3.31. The molecule has 21 heavy (non-hydrogen) atoms. The first kappa shape index (κ1) is 14.8. The lowest BCUT2D eigenvalue weighted by Crippen LogP contribution is -2.11. The highest BCUT2D eigenvalue weighted by Crippen LogP contribution is 2.26. The monoisotopic (exact) mass is 285 g/mol. The van der Waals surface area contributed by atoms with Crippen molar-refractivity contribution < 1.29 is 9.53 Å². The van der Waals surface area contributed by atoms with E-state index in [4.69, 9.17) is 10.5 Å². The van der Waals surface area contributed by atoms with E-state index >= 15 is 0 Å². The van der Waals surface area contributed by atoms with Crippen LogP contribution in [0.1, 0.15) is 28.5 Å². The maximum Gasteiger partial charge on any atom is 0.248 e. The van der Waals surface area contributed by atoms with E-state index in [2.05, 4.69) is 10.3 Å². The molecule has 0 fully saturated rings. The molecule has 3 N–H and O–H groups in total. The molecule has 1 heterocycles. The fourth-order valence-corrected chi connectivity index (χ4v) is 2.09. The summed E-state index contributed by atoms with van der Waals surface area (Å²) in [5, 5.41) is 3.27. The van der Waals surface area contributed by atoms with Gasteiger partial charge in [0.1, 0.15) is 0 Å². The molecule has 0 saturated heterocycles. The van der Waals surface area contributed by atoms with Crippen LogP contribution < -0.4 is 15.8 Å². The summed E-state index contributed by atoms with van der Waals surface area (Å²) >= 11 is 0. The van der Waals surface area contributed by atoms with Gasteiger partial charge in [0.2, 0.25) is 11.8 Å². The van der Waals surface area contributed by atoms with Crippen molar-refractivity contribution >= 4 is 17.3 Å². The van der Waals surface area contributed by atoms with Gasteiger partial charge >= 0.3 is 0 Å². The van der Waals surface area contributed by atoms with Crippen molar-refractivity contribution in [2.24, 2.45) is 5.73 Å². The van der Waals surface area contributed by atoms with Crippen molar-refractivity contribution in [3.05, 3.63) is 47.2 Å². The van der Waals surface area contributed by atoms with Crippen LogP contribution in [0.2, 0.25) is 0 Å². The molecule has 0 atom stereocenters. The first-order valence-electron chi connectivity index (χ1n) is 6.76. The van der Waals surface area contributed by atoms with E-state index in [-0.39, 0.29) is 0 Å². The van der Waals surface area contributed by atoms with Gasteiger partial charge in [0.05, 0.1) is 18.5 Å². The first-order valence-corrected chi connectivity index (χ1v) is 6.76. The summed E-state index contributed by atoms with van der Waals surface area (Å²) < 4.78 is 5.27. The molecule has 0 aliphatic rings. The van der Waals surface area contributed by atoms with Gasteiger partial charge in [-0.15, -0.1) is 0 Å². The van der Waals surface area contributed by atoms with Gasteiger partial charge in [0.15, 0.2) is 0 Å². The topological polar surface area (TPSA) is 77.2 Å². The molecule has 0 radical (unpaired) electrons. The molecule has 110 valence electrons. The fourth-order valence-electron chi connectivity index (χ4n) is 2.09. The highest BCUT2D eigenvalue weighted by molar-refractivity contribution is 5.93. The van der Waals surface area contributed by atoms with Crippen LogP contribution in [0.25, 0.3) is 0 Å². The van der Waals surface area contributed by atoms with E-state index < -0.39 is 5.91 Å². The Hall–Kier alpha value is -2.56. The Balaban J connectivity index is 2.35. The first-order chi connectivity index (χ1) is 10.0. The molecule has 2 rings (SSSR count). The second-order valence-corrected chi connectivity index (χ2v) is 4.71. The molecular weight excluding hydrogens is 266 g/mol. The number of rotatable bonds is 5. The van der Waals surface area contributed by atoms with Gasteiger partial charge < -0.3 is 15.8 Å². The van der Waals surface area contributed by atoms with Crippen LogP contribution in [0.4, 0.5) is 11.4 Å². The summed E-state index contributed by atoms with van der Waals surface area (Å²) in [6, 6.07) is 9.08. The molecule has 0 bridgehead atoms. The van der Waals surface area contributed by atoms with Gasteiger partial charge in [0.25, 0.3) is 0 Å². The van der Waals surface area contributed by atoms with E-state index in [9.17, 15) is 4.79 Å². The van der Waals surface area contributed by atoms with Gasteiger partial charge in [-0.1, -0.05) is 13.0 Å². The number of ether oxygens (including phenoxy) is 1. The standard InChI is InChI=1S/C16H19N3O2/c1-4-11-9-14(10(2)18-16(11)21-3)19-13-7-5-6-12(8-13)15(17)20/h5-9,19H,4H2,1-3H3,(H2,17,20). The average Bonchev–Trinajstić information content (AvgIpc) is 2.49. The fraction of sp³-hybridized carbons (Fsp3) is 0.250. The largest absolute Gasteiger partial charge is 0.481 e. The summed E-state index contributed by atoms with van der Waals surface area (Å²) in [4.78, 5) is 15.7. The van der Waals surface area contributed by atoms with Gasteiger partial charge in [-0.05, 0) is 37.6 Å². The third-order valence-electron chi connectivity index (χ3n) is 3.25. The van der Waals surface area contributed by atoms with Crippen LogP contribution in [0.15, 0.2) is 30.3 Å². The molecule has 2 aromatic rings. The van der Waals surface area contributed by atoms with Gasteiger partial charge in [0, 0.05) is 16.8 Å². The van der Waals surface area contributed by atoms with Crippen LogP contribution in [0, 0.1) is 6.92 Å². The Labute approximate surface area is 124 Å². The van der Waals surface area contributed by atoms with E-state index in [1.807, 2.05) is 26.0 Å². The lowest BCUT2D eigenvalue weighted by atomic mass is 10.1. The molecule has 0 saturated carbocycles. The lowest BCUT2D eigenvalue weighted by Gasteiger charge is -2.13. The van der Waals surface area contributed by atoms with Crippen LogP contribution in [-0.2, 0) is 6.42 Å². The van der Waals surface area contributed by atoms with E-state index in [0.717, 1.165) is 29.1 Å². The number of hydrogen-bond donors (Lipinski definition) is 2. The number of anilines is 2. The normalized spacial score (nSPS) is 10.2. The maximum atomic E-state index is 11.2.